The lowest BCUT2D eigenvalue weighted by Gasteiger charge is -2.28. The lowest BCUT2D eigenvalue weighted by atomic mass is 10.0. The van der Waals surface area contributed by atoms with Gasteiger partial charge >= 0.3 is 0 Å². The van der Waals surface area contributed by atoms with Gasteiger partial charge in [-0.15, -0.1) is 0 Å². The van der Waals surface area contributed by atoms with Crippen LogP contribution in [0.2, 0.25) is 0 Å². The van der Waals surface area contributed by atoms with E-state index in [9.17, 15) is 0 Å². The van der Waals surface area contributed by atoms with Crippen molar-refractivity contribution in [2.24, 2.45) is 5.92 Å². The minimum atomic E-state index is 0.373. The molecule has 1 atom stereocenters. The Morgan fingerprint density at radius 2 is 1.83 bits per heavy atom. The molecule has 2 aliphatic rings. The Hall–Kier alpha value is -2.07. The number of rotatable bonds is 5. The van der Waals surface area contributed by atoms with Crippen LogP contribution in [0.3, 0.4) is 0 Å². The van der Waals surface area contributed by atoms with Gasteiger partial charge in [-0.1, -0.05) is 30.3 Å². The lowest BCUT2D eigenvalue weighted by Crippen LogP contribution is -2.36. The van der Waals surface area contributed by atoms with Crippen molar-refractivity contribution in [3.05, 3.63) is 54.2 Å². The molecule has 0 spiro atoms. The monoisotopic (exact) mass is 309 g/mol. The first-order valence-electron chi connectivity index (χ1n) is 8.50. The van der Waals surface area contributed by atoms with Crippen LogP contribution < -0.4 is 10.2 Å². The third kappa shape index (κ3) is 3.48. The number of hydrogen-bond donors (Lipinski definition) is 1. The van der Waals surface area contributed by atoms with Crippen LogP contribution in [0.4, 0.5) is 11.5 Å². The van der Waals surface area contributed by atoms with Gasteiger partial charge in [0.05, 0.1) is 31.1 Å². The molecule has 2 heterocycles. The molecule has 1 aromatic carbocycles. The Balaban J connectivity index is 1.47. The summed E-state index contributed by atoms with van der Waals surface area (Å²) in [5.41, 5.74) is 2.54. The molecule has 1 saturated carbocycles. The third-order valence-corrected chi connectivity index (χ3v) is 4.68. The Kier molecular flexibility index (Phi) is 4.16. The summed E-state index contributed by atoms with van der Waals surface area (Å²) >= 11 is 0. The van der Waals surface area contributed by atoms with E-state index in [4.69, 9.17) is 4.74 Å². The largest absolute Gasteiger partial charge is 0.378 e. The molecule has 4 nitrogen and oxygen atoms in total. The number of morpholine rings is 1. The molecule has 1 aromatic heterocycles. The highest BCUT2D eigenvalue weighted by Gasteiger charge is 2.32. The molecule has 0 radical (unpaired) electrons. The van der Waals surface area contributed by atoms with E-state index >= 15 is 0 Å². The summed E-state index contributed by atoms with van der Waals surface area (Å²) < 4.78 is 5.41. The third-order valence-electron chi connectivity index (χ3n) is 4.68. The molecule has 4 rings (SSSR count). The van der Waals surface area contributed by atoms with Gasteiger partial charge in [0.1, 0.15) is 5.82 Å². The maximum Gasteiger partial charge on any atom is 0.126 e. The second kappa shape index (κ2) is 6.59. The Bertz CT molecular complexity index is 619. The van der Waals surface area contributed by atoms with Crippen LogP contribution in [0, 0.1) is 5.92 Å². The maximum absolute atomic E-state index is 5.41. The number of aromatic nitrogens is 1. The Morgan fingerprint density at radius 3 is 2.48 bits per heavy atom. The zero-order valence-electron chi connectivity index (χ0n) is 13.3. The molecule has 1 aliphatic carbocycles. The van der Waals surface area contributed by atoms with E-state index in [0.717, 1.165) is 38.0 Å². The van der Waals surface area contributed by atoms with Crippen LogP contribution in [-0.4, -0.2) is 31.3 Å². The van der Waals surface area contributed by atoms with Crippen LogP contribution in [-0.2, 0) is 4.74 Å². The molecule has 1 N–H and O–H groups in total. The van der Waals surface area contributed by atoms with Crippen molar-refractivity contribution in [2.75, 3.05) is 36.5 Å². The summed E-state index contributed by atoms with van der Waals surface area (Å²) in [6.45, 7) is 3.50. The number of nitrogens with zero attached hydrogens (tertiary/aromatic N) is 2. The van der Waals surface area contributed by atoms with Crippen LogP contribution >= 0.6 is 0 Å². The van der Waals surface area contributed by atoms with Gasteiger partial charge in [0, 0.05) is 13.1 Å². The molecule has 1 aliphatic heterocycles. The van der Waals surface area contributed by atoms with Gasteiger partial charge in [0.2, 0.25) is 0 Å². The maximum atomic E-state index is 5.41. The summed E-state index contributed by atoms with van der Waals surface area (Å²) in [6, 6.07) is 15.3. The number of anilines is 2. The molecule has 23 heavy (non-hydrogen) atoms. The Morgan fingerprint density at radius 1 is 1.04 bits per heavy atom. The van der Waals surface area contributed by atoms with Crippen molar-refractivity contribution in [1.82, 2.24) is 4.98 Å². The van der Waals surface area contributed by atoms with Gasteiger partial charge in [0.25, 0.3) is 0 Å². The molecular formula is C19H23N3O. The predicted octanol–water partition coefficient (Wildman–Crippen LogP) is 3.48. The number of hydrogen-bond acceptors (Lipinski definition) is 4. The van der Waals surface area contributed by atoms with E-state index in [-0.39, 0.29) is 0 Å². The quantitative estimate of drug-likeness (QED) is 0.917. The van der Waals surface area contributed by atoms with Crippen molar-refractivity contribution in [2.45, 2.75) is 18.9 Å². The molecule has 2 aromatic rings. The summed E-state index contributed by atoms with van der Waals surface area (Å²) in [4.78, 5) is 6.96. The summed E-state index contributed by atoms with van der Waals surface area (Å²) in [6.07, 6.45) is 4.58. The van der Waals surface area contributed by atoms with E-state index in [2.05, 4.69) is 57.7 Å². The first kappa shape index (κ1) is 14.5. The van der Waals surface area contributed by atoms with E-state index in [1.54, 1.807) is 0 Å². The fourth-order valence-electron chi connectivity index (χ4n) is 3.20. The van der Waals surface area contributed by atoms with E-state index < -0.39 is 0 Å². The zero-order valence-corrected chi connectivity index (χ0v) is 13.3. The van der Waals surface area contributed by atoms with Crippen molar-refractivity contribution in [3.63, 3.8) is 0 Å². The molecule has 4 heteroatoms. The van der Waals surface area contributed by atoms with Gasteiger partial charge in [-0.05, 0) is 36.5 Å². The fourth-order valence-corrected chi connectivity index (χ4v) is 3.20. The van der Waals surface area contributed by atoms with Crippen LogP contribution in [0.15, 0.2) is 48.7 Å². The summed E-state index contributed by atoms with van der Waals surface area (Å²) in [5.74, 6) is 1.70. The van der Waals surface area contributed by atoms with E-state index in [0.29, 0.717) is 6.04 Å². The van der Waals surface area contributed by atoms with Crippen molar-refractivity contribution >= 4 is 11.5 Å². The second-order valence-electron chi connectivity index (χ2n) is 6.37. The Labute approximate surface area is 137 Å². The molecule has 1 saturated heterocycles. The molecule has 120 valence electrons. The minimum Gasteiger partial charge on any atom is -0.378 e. The van der Waals surface area contributed by atoms with Crippen LogP contribution in [0.1, 0.15) is 24.4 Å². The number of pyridine rings is 1. The fraction of sp³-hybridized carbons (Fsp3) is 0.421. The van der Waals surface area contributed by atoms with Gasteiger partial charge < -0.3 is 15.0 Å². The number of benzene rings is 1. The summed E-state index contributed by atoms with van der Waals surface area (Å²) in [7, 11) is 0. The van der Waals surface area contributed by atoms with Gasteiger partial charge in [-0.25, -0.2) is 4.98 Å². The molecule has 2 fully saturated rings. The molecule has 0 amide bonds. The minimum absolute atomic E-state index is 0.373. The second-order valence-corrected chi connectivity index (χ2v) is 6.37. The average molecular weight is 309 g/mol. The van der Waals surface area contributed by atoms with Crippen molar-refractivity contribution in [3.8, 4) is 0 Å². The standard InChI is InChI=1S/C19H23N3O/c1-2-4-15(5-3-1)19(16-6-7-16)21-18-9-8-17(14-20-18)22-10-12-23-13-11-22/h1-5,8-9,14,16,19H,6-7,10-13H2,(H,20,21). The first-order valence-corrected chi connectivity index (χ1v) is 8.50. The van der Waals surface area contributed by atoms with Gasteiger partial charge in [-0.3, -0.25) is 0 Å². The lowest BCUT2D eigenvalue weighted by molar-refractivity contribution is 0.122. The highest BCUT2D eigenvalue weighted by molar-refractivity contribution is 5.50. The smallest absolute Gasteiger partial charge is 0.126 e. The summed E-state index contributed by atoms with van der Waals surface area (Å²) in [5, 5.41) is 3.63. The van der Waals surface area contributed by atoms with E-state index in [1.165, 1.54) is 24.1 Å². The highest BCUT2D eigenvalue weighted by atomic mass is 16.5. The van der Waals surface area contributed by atoms with Crippen molar-refractivity contribution in [1.29, 1.82) is 0 Å². The van der Waals surface area contributed by atoms with Crippen molar-refractivity contribution < 1.29 is 4.74 Å². The first-order chi connectivity index (χ1) is 11.4. The van der Waals surface area contributed by atoms with Gasteiger partial charge in [-0.2, -0.15) is 0 Å². The van der Waals surface area contributed by atoms with Crippen LogP contribution in [0.25, 0.3) is 0 Å². The molecule has 1 unspecified atom stereocenters. The number of ether oxygens (including phenoxy) is 1. The SMILES string of the molecule is c1ccc(C(Nc2ccc(N3CCOCC3)cn2)C2CC2)cc1. The number of nitrogens with one attached hydrogen (secondary N) is 1. The molecular weight excluding hydrogens is 286 g/mol. The zero-order chi connectivity index (χ0) is 15.5. The topological polar surface area (TPSA) is 37.4 Å². The molecule has 0 bridgehead atoms. The predicted molar refractivity (Wildman–Crippen MR) is 92.8 cm³/mol. The van der Waals surface area contributed by atoms with E-state index in [1.807, 2.05) is 6.20 Å². The van der Waals surface area contributed by atoms with Crippen LogP contribution in [0.5, 0.6) is 0 Å². The highest BCUT2D eigenvalue weighted by Crippen LogP contribution is 2.42. The average Bonchev–Trinajstić information content (AvgIpc) is 3.47. The van der Waals surface area contributed by atoms with Gasteiger partial charge in [0.15, 0.2) is 0 Å². The normalized spacial score (nSPS) is 19.4.